The van der Waals surface area contributed by atoms with Gasteiger partial charge in [-0.15, -0.1) is 6.58 Å². The highest BCUT2D eigenvalue weighted by molar-refractivity contribution is 5.86. The molecule has 1 fully saturated rings. The topological polar surface area (TPSA) is 83.1 Å². The summed E-state index contributed by atoms with van der Waals surface area (Å²) in [6, 6.07) is 9.88. The molecule has 0 aromatic heterocycles. The molecule has 0 saturated heterocycles. The van der Waals surface area contributed by atoms with Crippen molar-refractivity contribution < 1.29 is 14.3 Å². The number of hydrogen-bond donors (Lipinski definition) is 0. The second kappa shape index (κ2) is 6.84. The molecule has 1 aromatic rings. The van der Waals surface area contributed by atoms with Gasteiger partial charge in [0.2, 0.25) is 6.79 Å². The predicted molar refractivity (Wildman–Crippen MR) is 95.4 cm³/mol. The number of nitrogens with zero attached hydrogens (tertiary/aromatic N) is 2. The van der Waals surface area contributed by atoms with E-state index in [2.05, 4.69) is 18.7 Å². The van der Waals surface area contributed by atoms with Crippen LogP contribution >= 0.6 is 0 Å². The van der Waals surface area contributed by atoms with Crippen molar-refractivity contribution in [2.45, 2.75) is 44.9 Å². The number of fused-ring (bicyclic) bond motifs is 1. The third kappa shape index (κ3) is 2.74. The molecule has 5 heteroatoms. The highest BCUT2D eigenvalue weighted by atomic mass is 16.7. The van der Waals surface area contributed by atoms with Crippen molar-refractivity contribution in [3.05, 3.63) is 36.4 Å². The Morgan fingerprint density at radius 1 is 1.31 bits per heavy atom. The maximum Gasteiger partial charge on any atom is 0.231 e. The Labute approximate surface area is 153 Å². The molecule has 1 heterocycles. The lowest BCUT2D eigenvalue weighted by Crippen LogP contribution is -2.44. The van der Waals surface area contributed by atoms with Gasteiger partial charge in [0.25, 0.3) is 0 Å². The van der Waals surface area contributed by atoms with E-state index < -0.39 is 16.7 Å². The van der Waals surface area contributed by atoms with Gasteiger partial charge in [-0.25, -0.2) is 0 Å². The normalized spacial score (nSPS) is 23.0. The third-order valence-electron chi connectivity index (χ3n) is 5.71. The second-order valence-corrected chi connectivity index (χ2v) is 7.28. The minimum absolute atomic E-state index is 0.116. The van der Waals surface area contributed by atoms with E-state index in [4.69, 9.17) is 9.47 Å². The Morgan fingerprint density at radius 2 is 2.04 bits per heavy atom. The van der Waals surface area contributed by atoms with Crippen molar-refractivity contribution in [2.75, 3.05) is 6.79 Å². The van der Waals surface area contributed by atoms with Gasteiger partial charge in [0.1, 0.15) is 5.78 Å². The molecule has 2 aliphatic rings. The molecule has 1 aromatic carbocycles. The molecule has 0 unspecified atom stereocenters. The standard InChI is InChI=1S/C21H22N2O3/c1-3-9-21(12-22,13-23)19(20(2)10-5-4-6-18(20)24)15-7-8-16-17(11-15)26-14-25-16/h3,7-8,11,19H,1,4-6,9-10,14H2,2H3/t19-,20+/m1/s1. The van der Waals surface area contributed by atoms with Crippen molar-refractivity contribution in [3.8, 4) is 23.6 Å². The van der Waals surface area contributed by atoms with Gasteiger partial charge in [0.05, 0.1) is 12.1 Å². The van der Waals surface area contributed by atoms with E-state index in [0.29, 0.717) is 24.3 Å². The first kappa shape index (κ1) is 18.0. The lowest BCUT2D eigenvalue weighted by atomic mass is 9.55. The van der Waals surface area contributed by atoms with E-state index in [9.17, 15) is 15.3 Å². The molecule has 0 bridgehead atoms. The van der Waals surface area contributed by atoms with Crippen molar-refractivity contribution in [1.29, 1.82) is 10.5 Å². The average molecular weight is 350 g/mol. The van der Waals surface area contributed by atoms with Crippen LogP contribution in [0.2, 0.25) is 0 Å². The van der Waals surface area contributed by atoms with Crippen molar-refractivity contribution in [3.63, 3.8) is 0 Å². The summed E-state index contributed by atoms with van der Waals surface area (Å²) in [5.74, 6) is 0.772. The minimum atomic E-state index is -1.36. The number of ketones is 1. The van der Waals surface area contributed by atoms with Gasteiger partial charge in [-0.05, 0) is 37.0 Å². The summed E-state index contributed by atoms with van der Waals surface area (Å²) in [5, 5.41) is 20.0. The quantitative estimate of drug-likeness (QED) is 0.741. The van der Waals surface area contributed by atoms with Crippen LogP contribution in [0.4, 0.5) is 0 Å². The van der Waals surface area contributed by atoms with Gasteiger partial charge in [-0.3, -0.25) is 4.79 Å². The summed E-state index contributed by atoms with van der Waals surface area (Å²) in [6.45, 7) is 5.78. The number of nitriles is 2. The largest absolute Gasteiger partial charge is 0.454 e. The number of carbonyl (C=O) groups excluding carboxylic acids is 1. The Bertz CT molecular complexity index is 804. The van der Waals surface area contributed by atoms with Crippen LogP contribution in [0.3, 0.4) is 0 Å². The highest BCUT2D eigenvalue weighted by Gasteiger charge is 2.54. The predicted octanol–water partition coefficient (Wildman–Crippen LogP) is 4.26. The van der Waals surface area contributed by atoms with Crippen molar-refractivity contribution >= 4 is 5.78 Å². The summed E-state index contributed by atoms with van der Waals surface area (Å²) in [7, 11) is 0. The van der Waals surface area contributed by atoms with Crippen LogP contribution in [0.5, 0.6) is 11.5 Å². The number of benzene rings is 1. The van der Waals surface area contributed by atoms with Crippen LogP contribution in [-0.4, -0.2) is 12.6 Å². The maximum absolute atomic E-state index is 12.9. The smallest absolute Gasteiger partial charge is 0.231 e. The molecule has 26 heavy (non-hydrogen) atoms. The van der Waals surface area contributed by atoms with Crippen LogP contribution < -0.4 is 9.47 Å². The first-order valence-corrected chi connectivity index (χ1v) is 8.87. The maximum atomic E-state index is 12.9. The summed E-state index contributed by atoms with van der Waals surface area (Å²) in [5.41, 5.74) is -1.38. The van der Waals surface area contributed by atoms with Crippen LogP contribution in [0.1, 0.15) is 50.5 Å². The van der Waals surface area contributed by atoms with Crippen LogP contribution in [0.15, 0.2) is 30.9 Å². The Morgan fingerprint density at radius 3 is 2.69 bits per heavy atom. The molecule has 134 valence electrons. The first-order valence-electron chi connectivity index (χ1n) is 8.87. The zero-order valence-corrected chi connectivity index (χ0v) is 15.0. The molecule has 5 nitrogen and oxygen atoms in total. The Balaban J connectivity index is 2.19. The number of carbonyl (C=O) groups is 1. The highest BCUT2D eigenvalue weighted by Crippen LogP contribution is 2.55. The minimum Gasteiger partial charge on any atom is -0.454 e. The number of ether oxygens (including phenoxy) is 2. The molecule has 3 rings (SSSR count). The van der Waals surface area contributed by atoms with Gasteiger partial charge >= 0.3 is 0 Å². The van der Waals surface area contributed by atoms with E-state index in [0.717, 1.165) is 18.4 Å². The average Bonchev–Trinajstić information content (AvgIpc) is 3.11. The van der Waals surface area contributed by atoms with E-state index in [-0.39, 0.29) is 19.0 Å². The fourth-order valence-electron chi connectivity index (χ4n) is 4.39. The molecule has 1 aliphatic carbocycles. The number of rotatable bonds is 5. The van der Waals surface area contributed by atoms with E-state index in [1.165, 1.54) is 0 Å². The van der Waals surface area contributed by atoms with Gasteiger partial charge in [0.15, 0.2) is 16.9 Å². The van der Waals surface area contributed by atoms with Crippen LogP contribution in [0, 0.1) is 33.5 Å². The molecule has 0 amide bonds. The summed E-state index contributed by atoms with van der Waals surface area (Å²) >= 11 is 0. The van der Waals surface area contributed by atoms with Gasteiger partial charge in [0, 0.05) is 17.8 Å². The summed E-state index contributed by atoms with van der Waals surface area (Å²) < 4.78 is 10.9. The molecule has 1 saturated carbocycles. The van der Waals surface area contributed by atoms with E-state index in [1.54, 1.807) is 12.1 Å². The Kier molecular flexibility index (Phi) is 4.74. The molecule has 0 spiro atoms. The molecule has 2 atom stereocenters. The van der Waals surface area contributed by atoms with E-state index in [1.807, 2.05) is 19.1 Å². The van der Waals surface area contributed by atoms with Crippen molar-refractivity contribution in [2.24, 2.45) is 10.8 Å². The van der Waals surface area contributed by atoms with Gasteiger partial charge in [-0.1, -0.05) is 25.5 Å². The first-order chi connectivity index (χ1) is 12.5. The molecule has 1 aliphatic heterocycles. The summed E-state index contributed by atoms with van der Waals surface area (Å²) in [4.78, 5) is 12.9. The monoisotopic (exact) mass is 350 g/mol. The number of Topliss-reactive ketones (excluding diaryl/α,β-unsaturated/α-hetero) is 1. The SMILES string of the molecule is C=CCC(C#N)(C#N)[C@H](c1ccc2c(c1)OCO2)[C@@]1(C)CCCCC1=O. The fourth-order valence-corrected chi connectivity index (χ4v) is 4.39. The van der Waals surface area contributed by atoms with Gasteiger partial charge < -0.3 is 9.47 Å². The van der Waals surface area contributed by atoms with Crippen LogP contribution in [0.25, 0.3) is 0 Å². The molecule has 0 N–H and O–H groups in total. The molecular formula is C21H22N2O3. The lowest BCUT2D eigenvalue weighted by molar-refractivity contribution is -0.133. The second-order valence-electron chi connectivity index (χ2n) is 7.28. The van der Waals surface area contributed by atoms with Gasteiger partial charge in [-0.2, -0.15) is 10.5 Å². The summed E-state index contributed by atoms with van der Waals surface area (Å²) in [6.07, 6.45) is 4.69. The van der Waals surface area contributed by atoms with Crippen molar-refractivity contribution in [1.82, 2.24) is 0 Å². The van der Waals surface area contributed by atoms with Crippen LogP contribution in [-0.2, 0) is 4.79 Å². The fraction of sp³-hybridized carbons (Fsp3) is 0.476. The number of hydrogen-bond acceptors (Lipinski definition) is 5. The Hall–Kier alpha value is -2.79. The zero-order valence-electron chi connectivity index (χ0n) is 15.0. The molecule has 0 radical (unpaired) electrons. The van der Waals surface area contributed by atoms with E-state index >= 15 is 0 Å². The zero-order chi connectivity index (χ0) is 18.8. The number of allylic oxidation sites excluding steroid dienone is 1. The molecular weight excluding hydrogens is 328 g/mol. The third-order valence-corrected chi connectivity index (χ3v) is 5.71. The lowest BCUT2D eigenvalue weighted by Gasteiger charge is -2.44.